The van der Waals surface area contributed by atoms with E-state index in [9.17, 15) is 18.0 Å². The molecule has 0 spiro atoms. The van der Waals surface area contributed by atoms with E-state index in [1.54, 1.807) is 43.5 Å². The van der Waals surface area contributed by atoms with Gasteiger partial charge in [0, 0.05) is 12.4 Å². The first kappa shape index (κ1) is 18.9. The number of alkyl halides is 3. The van der Waals surface area contributed by atoms with Crippen LogP contribution in [0.15, 0.2) is 60.9 Å². The van der Waals surface area contributed by atoms with Crippen LogP contribution in [0, 0.1) is 0 Å². The summed E-state index contributed by atoms with van der Waals surface area (Å²) in [6.07, 6.45) is -3.18. The second-order valence-electron chi connectivity index (χ2n) is 6.48. The number of hydrogen-bond acceptors (Lipinski definition) is 4. The van der Waals surface area contributed by atoms with Crippen LogP contribution in [0.2, 0.25) is 0 Å². The van der Waals surface area contributed by atoms with Crippen molar-refractivity contribution in [2.24, 2.45) is 0 Å². The Morgan fingerprint density at radius 2 is 1.83 bits per heavy atom. The van der Waals surface area contributed by atoms with Gasteiger partial charge in [-0.05, 0) is 43.3 Å². The lowest BCUT2D eigenvalue weighted by Crippen LogP contribution is -2.46. The third-order valence-electron chi connectivity index (χ3n) is 4.43. The van der Waals surface area contributed by atoms with E-state index >= 15 is 0 Å². The predicted molar refractivity (Wildman–Crippen MR) is 98.1 cm³/mol. The average Bonchev–Trinajstić information content (AvgIpc) is 3.21. The zero-order valence-corrected chi connectivity index (χ0v) is 15.2. The van der Waals surface area contributed by atoms with Gasteiger partial charge in [0.25, 0.3) is 5.91 Å². The lowest BCUT2D eigenvalue weighted by Gasteiger charge is -2.31. The Morgan fingerprint density at radius 3 is 2.48 bits per heavy atom. The Kier molecular flexibility index (Phi) is 4.65. The fraction of sp³-hybridized carbons (Fsp3) is 0.200. The van der Waals surface area contributed by atoms with Crippen LogP contribution in [-0.2, 0) is 11.0 Å². The maximum absolute atomic E-state index is 13.2. The third-order valence-corrected chi connectivity index (χ3v) is 4.43. The number of rotatable bonds is 3. The molecule has 0 radical (unpaired) electrons. The first-order valence-corrected chi connectivity index (χ1v) is 8.77. The first-order valence-electron chi connectivity index (χ1n) is 8.77. The standard InChI is InChI=1S/C20H16F3N3O3/c1-12-18(29-17-6-3-2-5-16(17)28-12)19(27)25-14-11-13(20(21,22)23)7-8-15(14)26-10-4-9-24-26/h2-12,18H,1H3,(H,25,27)/t12-,18+/m1/s1. The molecule has 6 nitrogen and oxygen atoms in total. The molecule has 2 atom stereocenters. The van der Waals surface area contributed by atoms with Crippen LogP contribution in [0.5, 0.6) is 11.5 Å². The topological polar surface area (TPSA) is 65.4 Å². The van der Waals surface area contributed by atoms with Gasteiger partial charge in [0.15, 0.2) is 11.5 Å². The van der Waals surface area contributed by atoms with Gasteiger partial charge in [-0.25, -0.2) is 4.68 Å². The molecule has 0 unspecified atom stereocenters. The molecule has 2 heterocycles. The van der Waals surface area contributed by atoms with Crippen molar-refractivity contribution >= 4 is 11.6 Å². The Hall–Kier alpha value is -3.49. The molecule has 9 heteroatoms. The minimum absolute atomic E-state index is 0.0387. The molecule has 1 aromatic heterocycles. The van der Waals surface area contributed by atoms with Gasteiger partial charge in [-0.2, -0.15) is 18.3 Å². The van der Waals surface area contributed by atoms with Gasteiger partial charge in [-0.15, -0.1) is 0 Å². The van der Waals surface area contributed by atoms with Crippen molar-refractivity contribution in [1.29, 1.82) is 0 Å². The van der Waals surface area contributed by atoms with E-state index in [-0.39, 0.29) is 5.69 Å². The van der Waals surface area contributed by atoms with E-state index in [0.717, 1.165) is 12.1 Å². The fourth-order valence-corrected chi connectivity index (χ4v) is 3.03. The van der Waals surface area contributed by atoms with Crippen LogP contribution >= 0.6 is 0 Å². The second-order valence-corrected chi connectivity index (χ2v) is 6.48. The number of ether oxygens (including phenoxy) is 2. The molecule has 1 amide bonds. The normalized spacial score (nSPS) is 18.3. The minimum atomic E-state index is -4.56. The molecule has 29 heavy (non-hydrogen) atoms. The summed E-state index contributed by atoms with van der Waals surface area (Å²) in [6, 6.07) is 11.6. The highest BCUT2D eigenvalue weighted by atomic mass is 19.4. The van der Waals surface area contributed by atoms with Crippen molar-refractivity contribution in [3.05, 3.63) is 66.5 Å². The van der Waals surface area contributed by atoms with Gasteiger partial charge in [-0.3, -0.25) is 4.79 Å². The monoisotopic (exact) mass is 403 g/mol. The van der Waals surface area contributed by atoms with Gasteiger partial charge in [0.1, 0.15) is 6.10 Å². The van der Waals surface area contributed by atoms with Crippen molar-refractivity contribution in [3.8, 4) is 17.2 Å². The van der Waals surface area contributed by atoms with E-state index in [1.165, 1.54) is 16.9 Å². The first-order chi connectivity index (χ1) is 13.8. The van der Waals surface area contributed by atoms with Crippen molar-refractivity contribution in [3.63, 3.8) is 0 Å². The van der Waals surface area contributed by atoms with E-state index in [2.05, 4.69) is 10.4 Å². The van der Waals surface area contributed by atoms with Crippen LogP contribution in [0.3, 0.4) is 0 Å². The largest absolute Gasteiger partial charge is 0.482 e. The quantitative estimate of drug-likeness (QED) is 0.716. The molecule has 1 N–H and O–H groups in total. The number of amides is 1. The highest BCUT2D eigenvalue weighted by molar-refractivity contribution is 5.97. The summed E-state index contributed by atoms with van der Waals surface area (Å²) in [5.41, 5.74) is -0.632. The number of halogens is 3. The fourth-order valence-electron chi connectivity index (χ4n) is 3.03. The van der Waals surface area contributed by atoms with Crippen molar-refractivity contribution in [1.82, 2.24) is 9.78 Å². The minimum Gasteiger partial charge on any atom is -0.482 e. The van der Waals surface area contributed by atoms with Crippen LogP contribution in [-0.4, -0.2) is 27.9 Å². The number of carbonyl (C=O) groups is 1. The number of aromatic nitrogens is 2. The van der Waals surface area contributed by atoms with Crippen LogP contribution in [0.25, 0.3) is 5.69 Å². The van der Waals surface area contributed by atoms with Gasteiger partial charge in [0.2, 0.25) is 6.10 Å². The lowest BCUT2D eigenvalue weighted by atomic mass is 10.1. The molecule has 0 saturated carbocycles. The average molecular weight is 403 g/mol. The molecule has 0 aliphatic carbocycles. The molecule has 150 valence electrons. The summed E-state index contributed by atoms with van der Waals surface area (Å²) in [4.78, 5) is 12.8. The number of fused-ring (bicyclic) bond motifs is 1. The number of nitrogens with zero attached hydrogens (tertiary/aromatic N) is 2. The van der Waals surface area contributed by atoms with Gasteiger partial charge in [0.05, 0.1) is 16.9 Å². The van der Waals surface area contributed by atoms with E-state index in [4.69, 9.17) is 9.47 Å². The Labute approximate surface area is 163 Å². The third kappa shape index (κ3) is 3.75. The van der Waals surface area contributed by atoms with Crippen molar-refractivity contribution in [2.75, 3.05) is 5.32 Å². The Morgan fingerprint density at radius 1 is 1.10 bits per heavy atom. The zero-order chi connectivity index (χ0) is 20.6. The number of nitrogens with one attached hydrogen (secondary N) is 1. The SMILES string of the molecule is C[C@H]1Oc2ccccc2O[C@@H]1C(=O)Nc1cc(C(F)(F)F)ccc1-n1cccn1. The van der Waals surface area contributed by atoms with E-state index in [1.807, 2.05) is 0 Å². The number of para-hydroxylation sites is 2. The van der Waals surface area contributed by atoms with E-state index < -0.39 is 29.9 Å². The van der Waals surface area contributed by atoms with Crippen LogP contribution < -0.4 is 14.8 Å². The summed E-state index contributed by atoms with van der Waals surface area (Å²) < 4.78 is 52.3. The number of anilines is 1. The van der Waals surface area contributed by atoms with Crippen LogP contribution in [0.1, 0.15) is 12.5 Å². The summed E-state index contributed by atoms with van der Waals surface area (Å²) in [5, 5.41) is 6.57. The molecule has 1 aliphatic heterocycles. The lowest BCUT2D eigenvalue weighted by molar-refractivity contribution is -0.137. The maximum atomic E-state index is 13.2. The van der Waals surface area contributed by atoms with Gasteiger partial charge >= 0.3 is 6.18 Å². The molecule has 3 aromatic rings. The molecule has 0 saturated heterocycles. The Bertz CT molecular complexity index is 1030. The highest BCUT2D eigenvalue weighted by Crippen LogP contribution is 2.35. The summed E-state index contributed by atoms with van der Waals surface area (Å²) in [6.45, 7) is 1.65. The molecule has 4 rings (SSSR count). The summed E-state index contributed by atoms with van der Waals surface area (Å²) in [5.74, 6) is 0.266. The summed E-state index contributed by atoms with van der Waals surface area (Å²) in [7, 11) is 0. The van der Waals surface area contributed by atoms with Crippen molar-refractivity contribution < 1.29 is 27.4 Å². The van der Waals surface area contributed by atoms with Crippen LogP contribution in [0.4, 0.5) is 18.9 Å². The molecule has 2 aromatic carbocycles. The van der Waals surface area contributed by atoms with Gasteiger partial charge < -0.3 is 14.8 Å². The number of hydrogen-bond donors (Lipinski definition) is 1. The number of benzene rings is 2. The molecular weight excluding hydrogens is 387 g/mol. The smallest absolute Gasteiger partial charge is 0.416 e. The molecular formula is C20H16F3N3O3. The predicted octanol–water partition coefficient (Wildman–Crippen LogP) is 4.06. The Balaban J connectivity index is 1.65. The van der Waals surface area contributed by atoms with Crippen molar-refractivity contribution in [2.45, 2.75) is 25.3 Å². The molecule has 1 aliphatic rings. The highest BCUT2D eigenvalue weighted by Gasteiger charge is 2.35. The second kappa shape index (κ2) is 7.16. The molecule has 0 fully saturated rings. The summed E-state index contributed by atoms with van der Waals surface area (Å²) >= 11 is 0. The molecule has 0 bridgehead atoms. The zero-order valence-electron chi connectivity index (χ0n) is 15.2. The maximum Gasteiger partial charge on any atom is 0.416 e. The van der Waals surface area contributed by atoms with E-state index in [0.29, 0.717) is 17.2 Å². The van der Waals surface area contributed by atoms with Gasteiger partial charge in [-0.1, -0.05) is 12.1 Å². The number of carbonyl (C=O) groups excluding carboxylic acids is 1.